The molecule has 106 valence electrons. The molecule has 0 aliphatic carbocycles. The molecule has 1 heterocycles. The Morgan fingerprint density at radius 3 is 2.74 bits per heavy atom. The molecular weight excluding hydrogens is 260 g/mol. The van der Waals surface area contributed by atoms with E-state index in [1.165, 1.54) is 11.3 Å². The number of carbonyl (C=O) groups is 2. The summed E-state index contributed by atoms with van der Waals surface area (Å²) in [6.45, 7) is 4.69. The summed E-state index contributed by atoms with van der Waals surface area (Å²) in [5, 5.41) is 1.83. The lowest BCUT2D eigenvalue weighted by molar-refractivity contribution is -0.144. The van der Waals surface area contributed by atoms with E-state index in [1.54, 1.807) is 12.1 Å². The second-order valence-electron chi connectivity index (χ2n) is 4.68. The zero-order valence-electron chi connectivity index (χ0n) is 11.7. The van der Waals surface area contributed by atoms with E-state index in [4.69, 9.17) is 4.74 Å². The average Bonchev–Trinajstić information content (AvgIpc) is 2.93. The van der Waals surface area contributed by atoms with Gasteiger partial charge >= 0.3 is 5.97 Å². The van der Waals surface area contributed by atoms with Crippen LogP contribution in [0.3, 0.4) is 0 Å². The average molecular weight is 282 g/mol. The van der Waals surface area contributed by atoms with Crippen LogP contribution in [-0.2, 0) is 9.53 Å². The quantitative estimate of drug-likeness (QED) is 0.389. The Balaban J connectivity index is 2.29. The van der Waals surface area contributed by atoms with E-state index in [-0.39, 0.29) is 12.2 Å². The van der Waals surface area contributed by atoms with Gasteiger partial charge in [-0.3, -0.25) is 9.59 Å². The van der Waals surface area contributed by atoms with Gasteiger partial charge in [-0.15, -0.1) is 11.3 Å². The molecule has 1 unspecified atom stereocenters. The van der Waals surface area contributed by atoms with Gasteiger partial charge in [-0.25, -0.2) is 0 Å². The second kappa shape index (κ2) is 8.86. The van der Waals surface area contributed by atoms with E-state index in [1.807, 2.05) is 5.38 Å². The number of carbonyl (C=O) groups excluding carboxylic acids is 2. The van der Waals surface area contributed by atoms with Crippen LogP contribution in [0.1, 0.15) is 55.6 Å². The van der Waals surface area contributed by atoms with Crippen LogP contribution in [-0.4, -0.2) is 18.4 Å². The molecule has 0 saturated heterocycles. The molecule has 0 spiro atoms. The van der Waals surface area contributed by atoms with Crippen molar-refractivity contribution in [2.45, 2.75) is 46.0 Å². The van der Waals surface area contributed by atoms with Crippen LogP contribution in [0.2, 0.25) is 0 Å². The van der Waals surface area contributed by atoms with Crippen molar-refractivity contribution in [3.8, 4) is 0 Å². The maximum absolute atomic E-state index is 11.7. The number of hydrogen-bond donors (Lipinski definition) is 0. The molecule has 1 aromatic rings. The first-order valence-electron chi connectivity index (χ1n) is 6.89. The molecule has 19 heavy (non-hydrogen) atoms. The normalized spacial score (nSPS) is 12.1. The van der Waals surface area contributed by atoms with Gasteiger partial charge in [0.1, 0.15) is 6.42 Å². The van der Waals surface area contributed by atoms with Crippen molar-refractivity contribution in [3.05, 3.63) is 22.4 Å². The number of esters is 1. The highest BCUT2D eigenvalue weighted by atomic mass is 32.1. The Bertz CT molecular complexity index is 384. The zero-order chi connectivity index (χ0) is 14.1. The van der Waals surface area contributed by atoms with E-state index >= 15 is 0 Å². The van der Waals surface area contributed by atoms with E-state index in [2.05, 4.69) is 13.8 Å². The molecule has 0 aliphatic heterocycles. The van der Waals surface area contributed by atoms with Gasteiger partial charge in [0.15, 0.2) is 5.78 Å². The minimum absolute atomic E-state index is 0.148. The highest BCUT2D eigenvalue weighted by Gasteiger charge is 2.15. The predicted molar refractivity (Wildman–Crippen MR) is 77.5 cm³/mol. The summed E-state index contributed by atoms with van der Waals surface area (Å²) in [5.41, 5.74) is 0. The van der Waals surface area contributed by atoms with E-state index in [0.29, 0.717) is 17.4 Å². The van der Waals surface area contributed by atoms with Gasteiger partial charge in [0.25, 0.3) is 0 Å². The maximum atomic E-state index is 11.7. The van der Waals surface area contributed by atoms with Gasteiger partial charge in [-0.2, -0.15) is 0 Å². The number of unbranched alkanes of at least 4 members (excludes halogenated alkanes) is 1. The number of ether oxygens (including phenoxy) is 1. The highest BCUT2D eigenvalue weighted by molar-refractivity contribution is 7.12. The first kappa shape index (κ1) is 15.9. The molecule has 0 aliphatic rings. The molecule has 0 radical (unpaired) electrons. The van der Waals surface area contributed by atoms with Crippen LogP contribution in [0, 0.1) is 5.92 Å². The third kappa shape index (κ3) is 6.01. The van der Waals surface area contributed by atoms with E-state index in [0.717, 1.165) is 25.7 Å². The molecule has 1 aromatic heterocycles. The summed E-state index contributed by atoms with van der Waals surface area (Å²) in [6.07, 6.45) is 4.25. The molecule has 0 saturated carbocycles. The van der Waals surface area contributed by atoms with Crippen molar-refractivity contribution in [2.24, 2.45) is 5.92 Å². The second-order valence-corrected chi connectivity index (χ2v) is 5.62. The Hall–Kier alpha value is -1.16. The first-order valence-corrected chi connectivity index (χ1v) is 7.77. The van der Waals surface area contributed by atoms with Crippen molar-refractivity contribution in [3.63, 3.8) is 0 Å². The fraction of sp³-hybridized carbons (Fsp3) is 0.600. The van der Waals surface area contributed by atoms with Crippen molar-refractivity contribution >= 4 is 23.1 Å². The Labute approximate surface area is 119 Å². The van der Waals surface area contributed by atoms with Crippen LogP contribution >= 0.6 is 11.3 Å². The minimum Gasteiger partial charge on any atom is -0.465 e. The molecule has 0 N–H and O–H groups in total. The van der Waals surface area contributed by atoms with Crippen molar-refractivity contribution in [2.75, 3.05) is 6.61 Å². The first-order chi connectivity index (χ1) is 9.17. The Morgan fingerprint density at radius 2 is 2.16 bits per heavy atom. The third-order valence-electron chi connectivity index (χ3n) is 3.12. The molecule has 3 nitrogen and oxygen atoms in total. The smallest absolute Gasteiger partial charge is 0.313 e. The standard InChI is InChI=1S/C15H22O3S/c1-3-5-7-12(4-2)11-18-15(17)10-13(16)14-8-6-9-19-14/h6,8-9,12H,3-5,7,10-11H2,1-2H3. The van der Waals surface area contributed by atoms with Gasteiger partial charge < -0.3 is 4.74 Å². The van der Waals surface area contributed by atoms with Crippen molar-refractivity contribution in [1.82, 2.24) is 0 Å². The lowest BCUT2D eigenvalue weighted by Crippen LogP contribution is -2.16. The van der Waals surface area contributed by atoms with Gasteiger partial charge in [0, 0.05) is 0 Å². The highest BCUT2D eigenvalue weighted by Crippen LogP contribution is 2.14. The summed E-state index contributed by atoms with van der Waals surface area (Å²) in [6, 6.07) is 3.54. The fourth-order valence-electron chi connectivity index (χ4n) is 1.82. The molecule has 1 atom stereocenters. The largest absolute Gasteiger partial charge is 0.465 e. The summed E-state index contributed by atoms with van der Waals surface area (Å²) >= 11 is 1.36. The van der Waals surface area contributed by atoms with Crippen molar-refractivity contribution < 1.29 is 14.3 Å². The van der Waals surface area contributed by atoms with Crippen LogP contribution in [0.25, 0.3) is 0 Å². The van der Waals surface area contributed by atoms with Crippen molar-refractivity contribution in [1.29, 1.82) is 0 Å². The van der Waals surface area contributed by atoms with Gasteiger partial charge in [-0.05, 0) is 23.8 Å². The van der Waals surface area contributed by atoms with E-state index < -0.39 is 5.97 Å². The number of thiophene rings is 1. The summed E-state index contributed by atoms with van der Waals surface area (Å²) in [5.74, 6) is -0.143. The maximum Gasteiger partial charge on any atom is 0.313 e. The number of Topliss-reactive ketones (excluding diaryl/α,β-unsaturated/α-hetero) is 1. The summed E-state index contributed by atoms with van der Waals surface area (Å²) < 4.78 is 5.21. The summed E-state index contributed by atoms with van der Waals surface area (Å²) in [7, 11) is 0. The lowest BCUT2D eigenvalue weighted by atomic mass is 10.0. The lowest BCUT2D eigenvalue weighted by Gasteiger charge is -2.14. The molecule has 0 bridgehead atoms. The van der Waals surface area contributed by atoms with Gasteiger partial charge in [0.05, 0.1) is 11.5 Å². The van der Waals surface area contributed by atoms with Gasteiger partial charge in [0.2, 0.25) is 0 Å². The molecule has 0 amide bonds. The Kier molecular flexibility index (Phi) is 7.41. The van der Waals surface area contributed by atoms with Crippen LogP contribution in [0.5, 0.6) is 0 Å². The number of rotatable bonds is 9. The van der Waals surface area contributed by atoms with Gasteiger partial charge in [-0.1, -0.05) is 39.2 Å². The molecule has 0 fully saturated rings. The Morgan fingerprint density at radius 1 is 1.37 bits per heavy atom. The predicted octanol–water partition coefficient (Wildman–Crippen LogP) is 4.08. The molecule has 0 aromatic carbocycles. The molecule has 1 rings (SSSR count). The minimum atomic E-state index is -0.409. The molecule has 4 heteroatoms. The SMILES string of the molecule is CCCCC(CC)COC(=O)CC(=O)c1cccs1. The zero-order valence-corrected chi connectivity index (χ0v) is 12.5. The topological polar surface area (TPSA) is 43.4 Å². The van der Waals surface area contributed by atoms with Crippen LogP contribution in [0.4, 0.5) is 0 Å². The fourth-order valence-corrected chi connectivity index (χ4v) is 2.48. The molecular formula is C15H22O3S. The monoisotopic (exact) mass is 282 g/mol. The van der Waals surface area contributed by atoms with E-state index in [9.17, 15) is 9.59 Å². The third-order valence-corrected chi connectivity index (χ3v) is 4.04. The summed E-state index contributed by atoms with van der Waals surface area (Å²) in [4.78, 5) is 23.9. The van der Waals surface area contributed by atoms with Crippen LogP contribution in [0.15, 0.2) is 17.5 Å². The van der Waals surface area contributed by atoms with Crippen LogP contribution < -0.4 is 0 Å². The number of hydrogen-bond acceptors (Lipinski definition) is 4. The number of ketones is 1.